The van der Waals surface area contributed by atoms with Crippen LogP contribution in [0.2, 0.25) is 0 Å². The second-order valence-electron chi connectivity index (χ2n) is 4.91. The Balaban J connectivity index is 1.61. The first-order valence-corrected chi connectivity index (χ1v) is 7.49. The van der Waals surface area contributed by atoms with E-state index in [0.29, 0.717) is 6.04 Å². The summed E-state index contributed by atoms with van der Waals surface area (Å²) in [7, 11) is 0. The lowest BCUT2D eigenvalue weighted by molar-refractivity contribution is 0.252. The third-order valence-corrected chi connectivity index (χ3v) is 4.57. The molecule has 0 radical (unpaired) electrons. The number of nitrogens with zero attached hydrogens (tertiary/aromatic N) is 2. The van der Waals surface area contributed by atoms with Crippen molar-refractivity contribution >= 4 is 11.3 Å². The molecule has 0 saturated carbocycles. The van der Waals surface area contributed by atoms with Gasteiger partial charge in [-0.25, -0.2) is 4.98 Å². The molecular weight excluding hydrogens is 230 g/mol. The standard InChI is InChI=1S/C13H23N3S/c1-11(16-7-3-4-8-16)9-14-6-5-13-12(2)15-10-17-13/h10-11,14H,3-9H2,1-2H3. The predicted octanol–water partition coefficient (Wildman–Crippen LogP) is 2.07. The highest BCUT2D eigenvalue weighted by Crippen LogP contribution is 2.12. The number of likely N-dealkylation sites (tertiary alicyclic amines) is 1. The predicted molar refractivity (Wildman–Crippen MR) is 73.7 cm³/mol. The van der Waals surface area contributed by atoms with Gasteiger partial charge in [0.15, 0.2) is 0 Å². The average molecular weight is 253 g/mol. The minimum Gasteiger partial charge on any atom is -0.315 e. The van der Waals surface area contributed by atoms with Gasteiger partial charge in [0.1, 0.15) is 0 Å². The molecule has 1 aliphatic rings. The molecule has 4 heteroatoms. The van der Waals surface area contributed by atoms with Gasteiger partial charge < -0.3 is 5.32 Å². The lowest BCUT2D eigenvalue weighted by Gasteiger charge is -2.23. The summed E-state index contributed by atoms with van der Waals surface area (Å²) in [5.74, 6) is 0. The molecule has 3 nitrogen and oxygen atoms in total. The van der Waals surface area contributed by atoms with Gasteiger partial charge >= 0.3 is 0 Å². The van der Waals surface area contributed by atoms with Crippen LogP contribution < -0.4 is 5.32 Å². The highest BCUT2D eigenvalue weighted by atomic mass is 32.1. The molecule has 1 aromatic heterocycles. The molecule has 2 rings (SSSR count). The van der Waals surface area contributed by atoms with Crippen molar-refractivity contribution in [1.82, 2.24) is 15.2 Å². The van der Waals surface area contributed by atoms with E-state index in [1.807, 2.05) is 5.51 Å². The van der Waals surface area contributed by atoms with E-state index in [4.69, 9.17) is 0 Å². The quantitative estimate of drug-likeness (QED) is 0.787. The smallest absolute Gasteiger partial charge is 0.0797 e. The van der Waals surface area contributed by atoms with Gasteiger partial charge in [0, 0.05) is 24.0 Å². The second-order valence-corrected chi connectivity index (χ2v) is 5.85. The van der Waals surface area contributed by atoms with Crippen molar-refractivity contribution in [2.45, 2.75) is 39.2 Å². The Morgan fingerprint density at radius 3 is 2.88 bits per heavy atom. The van der Waals surface area contributed by atoms with Crippen molar-refractivity contribution in [2.75, 3.05) is 26.2 Å². The van der Waals surface area contributed by atoms with Crippen LogP contribution >= 0.6 is 11.3 Å². The molecule has 1 unspecified atom stereocenters. The Labute approximate surface area is 108 Å². The van der Waals surface area contributed by atoms with E-state index < -0.39 is 0 Å². The maximum absolute atomic E-state index is 4.28. The summed E-state index contributed by atoms with van der Waals surface area (Å²) < 4.78 is 0. The zero-order chi connectivity index (χ0) is 12.1. The lowest BCUT2D eigenvalue weighted by atomic mass is 10.2. The maximum atomic E-state index is 4.28. The van der Waals surface area contributed by atoms with Crippen molar-refractivity contribution in [3.8, 4) is 0 Å². The van der Waals surface area contributed by atoms with E-state index in [1.54, 1.807) is 11.3 Å². The molecular formula is C13H23N3S. The number of rotatable bonds is 6. The fourth-order valence-corrected chi connectivity index (χ4v) is 3.17. The summed E-state index contributed by atoms with van der Waals surface area (Å²) in [6, 6.07) is 0.681. The largest absolute Gasteiger partial charge is 0.315 e. The minimum absolute atomic E-state index is 0.681. The summed E-state index contributed by atoms with van der Waals surface area (Å²) in [6.45, 7) is 9.18. The number of aromatic nitrogens is 1. The van der Waals surface area contributed by atoms with Gasteiger partial charge in [0.25, 0.3) is 0 Å². The Hall–Kier alpha value is -0.450. The topological polar surface area (TPSA) is 28.2 Å². The van der Waals surface area contributed by atoms with Crippen LogP contribution in [-0.4, -0.2) is 42.1 Å². The lowest BCUT2D eigenvalue weighted by Crippen LogP contribution is -2.39. The highest BCUT2D eigenvalue weighted by Gasteiger charge is 2.17. The number of hydrogen-bond donors (Lipinski definition) is 1. The molecule has 1 atom stereocenters. The maximum Gasteiger partial charge on any atom is 0.0797 e. The SMILES string of the molecule is Cc1ncsc1CCNCC(C)N1CCCC1. The van der Waals surface area contributed by atoms with Crippen molar-refractivity contribution < 1.29 is 0 Å². The molecule has 0 amide bonds. The summed E-state index contributed by atoms with van der Waals surface area (Å²) in [5, 5.41) is 3.56. The number of nitrogens with one attached hydrogen (secondary N) is 1. The van der Waals surface area contributed by atoms with Crippen LogP contribution in [0.4, 0.5) is 0 Å². The van der Waals surface area contributed by atoms with Gasteiger partial charge in [0.05, 0.1) is 11.2 Å². The van der Waals surface area contributed by atoms with Crippen LogP contribution in [0.5, 0.6) is 0 Å². The molecule has 0 bridgehead atoms. The Morgan fingerprint density at radius 1 is 1.47 bits per heavy atom. The van der Waals surface area contributed by atoms with E-state index in [1.165, 1.54) is 36.5 Å². The van der Waals surface area contributed by atoms with Crippen LogP contribution in [0.1, 0.15) is 30.3 Å². The molecule has 17 heavy (non-hydrogen) atoms. The van der Waals surface area contributed by atoms with Gasteiger partial charge in [-0.15, -0.1) is 11.3 Å². The Bertz CT molecular complexity index is 331. The summed E-state index contributed by atoms with van der Waals surface area (Å²) in [4.78, 5) is 8.29. The summed E-state index contributed by atoms with van der Waals surface area (Å²) >= 11 is 1.77. The van der Waals surface area contributed by atoms with Crippen LogP contribution in [-0.2, 0) is 6.42 Å². The molecule has 2 heterocycles. The molecule has 0 aromatic carbocycles. The molecule has 0 spiro atoms. The van der Waals surface area contributed by atoms with Crippen molar-refractivity contribution in [3.63, 3.8) is 0 Å². The van der Waals surface area contributed by atoms with Crippen molar-refractivity contribution in [1.29, 1.82) is 0 Å². The van der Waals surface area contributed by atoms with E-state index in [-0.39, 0.29) is 0 Å². The zero-order valence-corrected chi connectivity index (χ0v) is 11.7. The van der Waals surface area contributed by atoms with Gasteiger partial charge in [-0.3, -0.25) is 4.90 Å². The minimum atomic E-state index is 0.681. The van der Waals surface area contributed by atoms with E-state index >= 15 is 0 Å². The fraction of sp³-hybridized carbons (Fsp3) is 0.769. The average Bonchev–Trinajstić information content (AvgIpc) is 2.96. The molecule has 1 saturated heterocycles. The van der Waals surface area contributed by atoms with Crippen LogP contribution in [0.25, 0.3) is 0 Å². The van der Waals surface area contributed by atoms with Crippen molar-refractivity contribution in [3.05, 3.63) is 16.1 Å². The molecule has 1 fully saturated rings. The first-order chi connectivity index (χ1) is 8.27. The van der Waals surface area contributed by atoms with Gasteiger partial charge in [-0.05, 0) is 46.2 Å². The molecule has 96 valence electrons. The van der Waals surface area contributed by atoms with E-state index in [0.717, 1.165) is 19.5 Å². The Morgan fingerprint density at radius 2 is 2.24 bits per heavy atom. The van der Waals surface area contributed by atoms with Crippen LogP contribution in [0.3, 0.4) is 0 Å². The molecule has 1 N–H and O–H groups in total. The second kappa shape index (κ2) is 6.47. The molecule has 1 aromatic rings. The third kappa shape index (κ3) is 3.76. The highest BCUT2D eigenvalue weighted by molar-refractivity contribution is 7.09. The summed E-state index contributed by atoms with van der Waals surface area (Å²) in [6.07, 6.45) is 3.87. The van der Waals surface area contributed by atoms with E-state index in [2.05, 4.69) is 29.0 Å². The Kier molecular flexibility index (Phi) is 4.95. The first kappa shape index (κ1) is 13.0. The van der Waals surface area contributed by atoms with Gasteiger partial charge in [-0.2, -0.15) is 0 Å². The number of hydrogen-bond acceptors (Lipinski definition) is 4. The van der Waals surface area contributed by atoms with E-state index in [9.17, 15) is 0 Å². The monoisotopic (exact) mass is 253 g/mol. The van der Waals surface area contributed by atoms with Crippen LogP contribution in [0.15, 0.2) is 5.51 Å². The van der Waals surface area contributed by atoms with Gasteiger partial charge in [0.2, 0.25) is 0 Å². The number of thiazole rings is 1. The summed E-state index contributed by atoms with van der Waals surface area (Å²) in [5.41, 5.74) is 3.14. The first-order valence-electron chi connectivity index (χ1n) is 6.61. The zero-order valence-electron chi connectivity index (χ0n) is 10.9. The molecule has 0 aliphatic carbocycles. The number of aryl methyl sites for hydroxylation is 1. The molecule has 1 aliphatic heterocycles. The normalized spacial score (nSPS) is 18.7. The fourth-order valence-electron chi connectivity index (χ4n) is 2.39. The van der Waals surface area contributed by atoms with Gasteiger partial charge in [-0.1, -0.05) is 0 Å². The third-order valence-electron chi connectivity index (χ3n) is 3.58. The van der Waals surface area contributed by atoms with Crippen molar-refractivity contribution in [2.24, 2.45) is 0 Å². The van der Waals surface area contributed by atoms with Crippen LogP contribution in [0, 0.1) is 6.92 Å².